The Bertz CT molecular complexity index is 521. The van der Waals surface area contributed by atoms with Crippen LogP contribution < -0.4 is 11.1 Å². The van der Waals surface area contributed by atoms with Crippen LogP contribution in [-0.4, -0.2) is 18.0 Å². The highest BCUT2D eigenvalue weighted by Gasteiger charge is 2.20. The number of benzene rings is 1. The average molecular weight is 258 g/mol. The van der Waals surface area contributed by atoms with E-state index in [2.05, 4.69) is 24.1 Å². The first-order valence-electron chi connectivity index (χ1n) is 6.52. The Balaban J connectivity index is 3.05. The number of nitrogens with two attached hydrogens (primary N) is 1. The molecule has 1 aromatic rings. The fourth-order valence-corrected chi connectivity index (χ4v) is 1.63. The van der Waals surface area contributed by atoms with Crippen LogP contribution in [0.5, 0.6) is 0 Å². The Morgan fingerprint density at radius 3 is 2.68 bits per heavy atom. The second kappa shape index (κ2) is 6.40. The second-order valence-electron chi connectivity index (χ2n) is 5.18. The molecule has 0 saturated carbocycles. The Labute approximate surface area is 115 Å². The zero-order valence-electron chi connectivity index (χ0n) is 12.1. The summed E-state index contributed by atoms with van der Waals surface area (Å²) in [5.74, 6) is 5.75. The van der Waals surface area contributed by atoms with Gasteiger partial charge in [-0.25, -0.2) is 0 Å². The second-order valence-corrected chi connectivity index (χ2v) is 5.18. The monoisotopic (exact) mass is 258 g/mol. The minimum absolute atomic E-state index is 0.0549. The summed E-state index contributed by atoms with van der Waals surface area (Å²) in [7, 11) is 0. The fourth-order valence-electron chi connectivity index (χ4n) is 1.63. The van der Waals surface area contributed by atoms with E-state index in [1.807, 2.05) is 39.0 Å². The van der Waals surface area contributed by atoms with Gasteiger partial charge >= 0.3 is 0 Å². The predicted molar refractivity (Wildman–Crippen MR) is 78.9 cm³/mol. The van der Waals surface area contributed by atoms with Crippen molar-refractivity contribution in [3.8, 4) is 11.8 Å². The van der Waals surface area contributed by atoms with Gasteiger partial charge in [-0.2, -0.15) is 0 Å². The molecule has 0 saturated heterocycles. The molecule has 1 rings (SSSR count). The Morgan fingerprint density at radius 2 is 2.11 bits per heavy atom. The highest BCUT2D eigenvalue weighted by molar-refractivity contribution is 5.96. The summed E-state index contributed by atoms with van der Waals surface area (Å²) in [5, 5.41) is 3.03. The molecule has 0 heterocycles. The lowest BCUT2D eigenvalue weighted by Crippen LogP contribution is -2.43. The lowest BCUT2D eigenvalue weighted by Gasteiger charge is -2.25. The Hall–Kier alpha value is -1.79. The van der Waals surface area contributed by atoms with Gasteiger partial charge in [-0.3, -0.25) is 4.79 Å². The third-order valence-electron chi connectivity index (χ3n) is 3.24. The first kappa shape index (κ1) is 15.3. The number of amides is 1. The van der Waals surface area contributed by atoms with Gasteiger partial charge in [0, 0.05) is 16.7 Å². The van der Waals surface area contributed by atoms with Crippen molar-refractivity contribution in [3.63, 3.8) is 0 Å². The number of hydrogen-bond donors (Lipinski definition) is 2. The van der Waals surface area contributed by atoms with E-state index in [0.29, 0.717) is 12.1 Å². The quantitative estimate of drug-likeness (QED) is 0.817. The lowest BCUT2D eigenvalue weighted by atomic mass is 9.98. The zero-order valence-corrected chi connectivity index (χ0v) is 12.1. The van der Waals surface area contributed by atoms with E-state index in [1.165, 1.54) is 0 Å². The molecule has 0 bridgehead atoms. The first-order chi connectivity index (χ1) is 8.91. The molecule has 3 N–H and O–H groups in total. The van der Waals surface area contributed by atoms with Crippen molar-refractivity contribution in [2.75, 3.05) is 6.54 Å². The van der Waals surface area contributed by atoms with E-state index in [0.717, 1.165) is 17.5 Å². The number of carbonyl (C=O) groups is 1. The lowest BCUT2D eigenvalue weighted by molar-refractivity contribution is 0.0910. The van der Waals surface area contributed by atoms with Gasteiger partial charge in [0.2, 0.25) is 0 Å². The van der Waals surface area contributed by atoms with Gasteiger partial charge in [-0.05, 0) is 44.9 Å². The summed E-state index contributed by atoms with van der Waals surface area (Å²) in [6.45, 7) is 8.31. The van der Waals surface area contributed by atoms with Crippen LogP contribution in [0.4, 0.5) is 0 Å². The molecular weight excluding hydrogens is 236 g/mol. The summed E-state index contributed by atoms with van der Waals surface area (Å²) < 4.78 is 0. The number of rotatable bonds is 3. The van der Waals surface area contributed by atoms with Crippen LogP contribution in [0.2, 0.25) is 0 Å². The van der Waals surface area contributed by atoms with Gasteiger partial charge < -0.3 is 11.1 Å². The molecule has 0 spiro atoms. The highest BCUT2D eigenvalue weighted by atomic mass is 16.1. The van der Waals surface area contributed by atoms with Crippen LogP contribution in [0.3, 0.4) is 0 Å². The van der Waals surface area contributed by atoms with Crippen molar-refractivity contribution in [2.24, 2.45) is 5.73 Å². The van der Waals surface area contributed by atoms with E-state index in [9.17, 15) is 4.79 Å². The summed E-state index contributed by atoms with van der Waals surface area (Å²) in [4.78, 5) is 12.3. The molecule has 0 aliphatic heterocycles. The number of carbonyl (C=O) groups excluding carboxylic acids is 1. The predicted octanol–water partition coefficient (Wildman–Crippen LogP) is 2.22. The standard InChI is InChI=1S/C16H22N2O/c1-5-16(3,4)18-15(19)14-10-6-8-13(12(14)2)9-7-11-17/h6,8,10H,5,11,17H2,1-4H3,(H,18,19). The van der Waals surface area contributed by atoms with Crippen molar-refractivity contribution in [1.82, 2.24) is 5.32 Å². The van der Waals surface area contributed by atoms with Gasteiger partial charge in [0.25, 0.3) is 5.91 Å². The fraction of sp³-hybridized carbons (Fsp3) is 0.438. The van der Waals surface area contributed by atoms with E-state index >= 15 is 0 Å². The maximum absolute atomic E-state index is 12.3. The van der Waals surface area contributed by atoms with E-state index in [-0.39, 0.29) is 11.4 Å². The third kappa shape index (κ3) is 4.11. The normalized spacial score (nSPS) is 10.6. The largest absolute Gasteiger partial charge is 0.347 e. The molecule has 0 aromatic heterocycles. The molecule has 0 radical (unpaired) electrons. The van der Waals surface area contributed by atoms with Gasteiger partial charge in [0.05, 0.1) is 6.54 Å². The maximum atomic E-state index is 12.3. The average Bonchev–Trinajstić information content (AvgIpc) is 2.37. The van der Waals surface area contributed by atoms with Gasteiger partial charge in [0.15, 0.2) is 0 Å². The van der Waals surface area contributed by atoms with Crippen LogP contribution in [0.1, 0.15) is 48.7 Å². The molecule has 3 heteroatoms. The molecule has 0 unspecified atom stereocenters. The summed E-state index contributed by atoms with van der Waals surface area (Å²) in [5.41, 5.74) is 7.59. The molecular formula is C16H22N2O. The summed E-state index contributed by atoms with van der Waals surface area (Å²) >= 11 is 0. The van der Waals surface area contributed by atoms with Crippen LogP contribution in [0.15, 0.2) is 18.2 Å². The van der Waals surface area contributed by atoms with Crippen molar-refractivity contribution >= 4 is 5.91 Å². The number of nitrogens with one attached hydrogen (secondary N) is 1. The van der Waals surface area contributed by atoms with Crippen molar-refractivity contribution in [2.45, 2.75) is 39.7 Å². The SMILES string of the molecule is CCC(C)(C)NC(=O)c1cccc(C#CCN)c1C. The Morgan fingerprint density at radius 1 is 1.42 bits per heavy atom. The number of hydrogen-bond acceptors (Lipinski definition) is 2. The summed E-state index contributed by atoms with van der Waals surface area (Å²) in [6.07, 6.45) is 0.879. The van der Waals surface area contributed by atoms with Crippen LogP contribution in [0, 0.1) is 18.8 Å². The highest BCUT2D eigenvalue weighted by Crippen LogP contribution is 2.15. The van der Waals surface area contributed by atoms with Crippen LogP contribution in [0.25, 0.3) is 0 Å². The first-order valence-corrected chi connectivity index (χ1v) is 6.52. The molecule has 3 nitrogen and oxygen atoms in total. The topological polar surface area (TPSA) is 55.1 Å². The zero-order chi connectivity index (χ0) is 14.5. The molecule has 19 heavy (non-hydrogen) atoms. The van der Waals surface area contributed by atoms with E-state index in [1.54, 1.807) is 0 Å². The van der Waals surface area contributed by atoms with E-state index < -0.39 is 0 Å². The van der Waals surface area contributed by atoms with Crippen LogP contribution in [-0.2, 0) is 0 Å². The van der Waals surface area contributed by atoms with E-state index in [4.69, 9.17) is 5.73 Å². The van der Waals surface area contributed by atoms with Gasteiger partial charge in [-0.15, -0.1) is 0 Å². The molecule has 0 atom stereocenters. The van der Waals surface area contributed by atoms with Crippen molar-refractivity contribution in [1.29, 1.82) is 0 Å². The third-order valence-corrected chi connectivity index (χ3v) is 3.24. The molecule has 102 valence electrons. The molecule has 1 aromatic carbocycles. The summed E-state index contributed by atoms with van der Waals surface area (Å²) in [6, 6.07) is 5.57. The molecule has 1 amide bonds. The molecule has 0 aliphatic carbocycles. The minimum Gasteiger partial charge on any atom is -0.347 e. The smallest absolute Gasteiger partial charge is 0.252 e. The minimum atomic E-state index is -0.206. The van der Waals surface area contributed by atoms with Crippen molar-refractivity contribution < 1.29 is 4.79 Å². The molecule has 0 fully saturated rings. The van der Waals surface area contributed by atoms with Gasteiger partial charge in [0.1, 0.15) is 0 Å². The van der Waals surface area contributed by atoms with Crippen LogP contribution >= 0.6 is 0 Å². The maximum Gasteiger partial charge on any atom is 0.252 e. The molecule has 0 aliphatic rings. The Kier molecular flexibility index (Phi) is 5.14. The van der Waals surface area contributed by atoms with Gasteiger partial charge in [-0.1, -0.05) is 24.8 Å². The van der Waals surface area contributed by atoms with Crippen molar-refractivity contribution in [3.05, 3.63) is 34.9 Å².